The minimum Gasteiger partial charge on any atom is -0.508 e. The number of carbonyl (C=O) groups excluding carboxylic acids is 1. The zero-order chi connectivity index (χ0) is 27.3. The van der Waals surface area contributed by atoms with Crippen molar-refractivity contribution >= 4 is 28.4 Å². The Morgan fingerprint density at radius 2 is 1.50 bits per heavy atom. The molecule has 9 nitrogen and oxygen atoms in total. The summed E-state index contributed by atoms with van der Waals surface area (Å²) in [5.41, 5.74) is 2.99. The van der Waals surface area contributed by atoms with E-state index in [1.54, 1.807) is 12.1 Å². The van der Waals surface area contributed by atoms with Gasteiger partial charge in [-0.15, -0.1) is 10.2 Å². The molecule has 0 unspecified atom stereocenters. The Morgan fingerprint density at radius 3 is 2.23 bits per heavy atom. The normalized spacial score (nSPS) is 13.5. The number of rotatable bonds is 8. The highest BCUT2D eigenvalue weighted by Crippen LogP contribution is 2.25. The van der Waals surface area contributed by atoms with Crippen LogP contribution in [0.1, 0.15) is 11.1 Å². The van der Waals surface area contributed by atoms with Crippen LogP contribution in [0.3, 0.4) is 0 Å². The van der Waals surface area contributed by atoms with E-state index in [2.05, 4.69) is 30.3 Å². The van der Waals surface area contributed by atoms with E-state index in [1.807, 2.05) is 83.7 Å². The lowest BCUT2D eigenvalue weighted by atomic mass is 10.1. The van der Waals surface area contributed by atoms with Gasteiger partial charge in [-0.25, -0.2) is 4.98 Å². The lowest BCUT2D eigenvalue weighted by Gasteiger charge is -2.35. The van der Waals surface area contributed by atoms with Gasteiger partial charge in [-0.05, 0) is 60.0 Å². The maximum atomic E-state index is 12.8. The second-order valence-corrected chi connectivity index (χ2v) is 9.90. The number of nitrogens with one attached hydrogen (secondary N) is 1. The molecule has 40 heavy (non-hydrogen) atoms. The Hall–Kier alpha value is -4.92. The molecule has 4 heterocycles. The number of carbonyl (C=O) groups is 1. The summed E-state index contributed by atoms with van der Waals surface area (Å²) < 4.78 is 2.00. The van der Waals surface area contributed by atoms with Crippen molar-refractivity contribution in [1.29, 1.82) is 0 Å². The minimum atomic E-state index is -0.0343. The van der Waals surface area contributed by atoms with Gasteiger partial charge in [0.2, 0.25) is 5.91 Å². The summed E-state index contributed by atoms with van der Waals surface area (Å²) in [6.07, 6.45) is 4.79. The third kappa shape index (κ3) is 5.58. The highest BCUT2D eigenvalue weighted by Gasteiger charge is 2.20. The van der Waals surface area contributed by atoms with Gasteiger partial charge in [0.1, 0.15) is 11.6 Å². The molecule has 6 rings (SSSR count). The zero-order valence-corrected chi connectivity index (χ0v) is 22.1. The number of aromatic nitrogens is 4. The second kappa shape index (κ2) is 11.4. The first-order chi connectivity index (χ1) is 19.6. The molecule has 0 radical (unpaired) electrons. The number of phenols is 1. The Kier molecular flexibility index (Phi) is 7.26. The maximum Gasteiger partial charge on any atom is 0.224 e. The molecule has 0 spiro atoms. The number of nitrogens with zero attached hydrogens (tertiary/aromatic N) is 6. The van der Waals surface area contributed by atoms with E-state index < -0.39 is 0 Å². The zero-order valence-electron chi connectivity index (χ0n) is 22.1. The van der Waals surface area contributed by atoms with Crippen molar-refractivity contribution in [2.24, 2.45) is 0 Å². The largest absolute Gasteiger partial charge is 0.508 e. The molecule has 1 aliphatic heterocycles. The molecule has 9 heteroatoms. The highest BCUT2D eigenvalue weighted by atomic mass is 16.3. The molecular weight excluding hydrogens is 502 g/mol. The van der Waals surface area contributed by atoms with Crippen LogP contribution in [0.2, 0.25) is 0 Å². The summed E-state index contributed by atoms with van der Waals surface area (Å²) in [6.45, 7) is 3.99. The maximum absolute atomic E-state index is 12.8. The average molecular weight is 534 g/mol. The average Bonchev–Trinajstić information content (AvgIpc) is 3.37. The number of benzene rings is 2. The van der Waals surface area contributed by atoms with E-state index in [9.17, 15) is 9.90 Å². The predicted octanol–water partition coefficient (Wildman–Crippen LogP) is 3.75. The van der Waals surface area contributed by atoms with Crippen LogP contribution in [0.25, 0.3) is 16.7 Å². The molecule has 1 saturated heterocycles. The molecule has 1 fully saturated rings. The molecule has 1 aliphatic rings. The lowest BCUT2D eigenvalue weighted by molar-refractivity contribution is -0.120. The Bertz CT molecular complexity index is 1580. The van der Waals surface area contributed by atoms with Crippen LogP contribution in [-0.2, 0) is 17.6 Å². The highest BCUT2D eigenvalue weighted by molar-refractivity contribution is 5.90. The van der Waals surface area contributed by atoms with Crippen LogP contribution in [0.15, 0.2) is 91.3 Å². The van der Waals surface area contributed by atoms with Crippen molar-refractivity contribution in [3.8, 4) is 11.6 Å². The van der Waals surface area contributed by atoms with Crippen LogP contribution < -0.4 is 15.1 Å². The summed E-state index contributed by atoms with van der Waals surface area (Å²) in [4.78, 5) is 21.8. The van der Waals surface area contributed by atoms with Crippen LogP contribution in [0.5, 0.6) is 5.75 Å². The monoisotopic (exact) mass is 533 g/mol. The molecule has 0 aliphatic carbocycles. The number of hydrogen-bond donors (Lipinski definition) is 2. The SMILES string of the molecule is O=C(Cc1cn(-c2ccc(N3CCN(c4ccccn4)CC3)nn2)c2ccccc12)NCCc1ccc(O)cc1. The Balaban J connectivity index is 1.11. The van der Waals surface area contributed by atoms with Crippen molar-refractivity contribution in [1.82, 2.24) is 25.1 Å². The van der Waals surface area contributed by atoms with E-state index >= 15 is 0 Å². The smallest absolute Gasteiger partial charge is 0.224 e. The molecule has 0 atom stereocenters. The summed E-state index contributed by atoms with van der Waals surface area (Å²) in [6, 6.07) is 25.1. The van der Waals surface area contributed by atoms with Gasteiger partial charge >= 0.3 is 0 Å². The van der Waals surface area contributed by atoms with E-state index in [0.29, 0.717) is 18.8 Å². The van der Waals surface area contributed by atoms with Gasteiger partial charge in [-0.3, -0.25) is 9.36 Å². The first-order valence-corrected chi connectivity index (χ1v) is 13.5. The summed E-state index contributed by atoms with van der Waals surface area (Å²) >= 11 is 0. The molecule has 0 bridgehead atoms. The van der Waals surface area contributed by atoms with Crippen molar-refractivity contribution in [2.45, 2.75) is 12.8 Å². The van der Waals surface area contributed by atoms with Crippen LogP contribution >= 0.6 is 0 Å². The number of fused-ring (bicyclic) bond motifs is 1. The van der Waals surface area contributed by atoms with E-state index in [-0.39, 0.29) is 18.1 Å². The molecule has 0 saturated carbocycles. The first-order valence-electron chi connectivity index (χ1n) is 13.5. The fourth-order valence-electron chi connectivity index (χ4n) is 5.15. The number of aromatic hydroxyl groups is 1. The van der Waals surface area contributed by atoms with E-state index in [1.165, 1.54) is 0 Å². The van der Waals surface area contributed by atoms with Gasteiger partial charge in [0, 0.05) is 50.5 Å². The van der Waals surface area contributed by atoms with Gasteiger partial charge in [0.25, 0.3) is 0 Å². The van der Waals surface area contributed by atoms with E-state index in [0.717, 1.165) is 59.8 Å². The number of amides is 1. The van der Waals surface area contributed by atoms with Crippen LogP contribution in [0, 0.1) is 0 Å². The molecule has 5 aromatic rings. The van der Waals surface area contributed by atoms with Gasteiger partial charge in [-0.2, -0.15) is 0 Å². The van der Waals surface area contributed by atoms with Gasteiger partial charge < -0.3 is 20.2 Å². The van der Waals surface area contributed by atoms with Crippen molar-refractivity contribution < 1.29 is 9.90 Å². The second-order valence-electron chi connectivity index (χ2n) is 9.90. The Labute approximate surface area is 232 Å². The minimum absolute atomic E-state index is 0.0343. The summed E-state index contributed by atoms with van der Waals surface area (Å²) in [5, 5.41) is 22.6. The van der Waals surface area contributed by atoms with Crippen LogP contribution in [0.4, 0.5) is 11.6 Å². The fourth-order valence-corrected chi connectivity index (χ4v) is 5.15. The summed E-state index contributed by atoms with van der Waals surface area (Å²) in [7, 11) is 0. The topological polar surface area (TPSA) is 99.4 Å². The molecule has 202 valence electrons. The van der Waals surface area contributed by atoms with Crippen molar-refractivity contribution in [3.63, 3.8) is 0 Å². The quantitative estimate of drug-likeness (QED) is 0.313. The lowest BCUT2D eigenvalue weighted by Crippen LogP contribution is -2.47. The first kappa shape index (κ1) is 25.4. The molecule has 2 N–H and O–H groups in total. The molecule has 3 aromatic heterocycles. The fraction of sp³-hybridized carbons (Fsp3) is 0.226. The number of anilines is 2. The molecule has 1 amide bonds. The van der Waals surface area contributed by atoms with Crippen LogP contribution in [-0.4, -0.2) is 63.5 Å². The number of piperazine rings is 1. The standard InChI is InChI=1S/C31H31N7O2/c39-25-10-8-23(9-11-25)14-16-33-31(40)21-24-22-38(27-6-2-1-5-26(24)27)30-13-12-29(34-35-30)37-19-17-36(18-20-37)28-7-3-4-15-32-28/h1-13,15,22,39H,14,16-21H2,(H,33,40). The third-order valence-electron chi connectivity index (χ3n) is 7.28. The van der Waals surface area contributed by atoms with Gasteiger partial charge in [0.05, 0.1) is 11.9 Å². The molecular formula is C31H31N7O2. The number of para-hydroxylation sites is 1. The van der Waals surface area contributed by atoms with Gasteiger partial charge in [0.15, 0.2) is 11.6 Å². The number of hydrogen-bond acceptors (Lipinski definition) is 7. The van der Waals surface area contributed by atoms with Crippen molar-refractivity contribution in [3.05, 3.63) is 102 Å². The Morgan fingerprint density at radius 1 is 0.800 bits per heavy atom. The molecule has 2 aromatic carbocycles. The van der Waals surface area contributed by atoms with Gasteiger partial charge in [-0.1, -0.05) is 36.4 Å². The summed E-state index contributed by atoms with van der Waals surface area (Å²) in [5.74, 6) is 2.78. The number of phenolic OH excluding ortho intramolecular Hbond substituents is 1. The van der Waals surface area contributed by atoms with E-state index in [4.69, 9.17) is 0 Å². The van der Waals surface area contributed by atoms with Crippen molar-refractivity contribution in [2.75, 3.05) is 42.5 Å². The number of pyridine rings is 1. The third-order valence-corrected chi connectivity index (χ3v) is 7.28. The predicted molar refractivity (Wildman–Crippen MR) is 156 cm³/mol.